The first-order valence-electron chi connectivity index (χ1n) is 4.79. The molecule has 0 radical (unpaired) electrons. The third kappa shape index (κ3) is 2.90. The second-order valence-electron chi connectivity index (χ2n) is 3.50. The van der Waals surface area contributed by atoms with Gasteiger partial charge in [0.05, 0.1) is 19.0 Å². The first kappa shape index (κ1) is 12.4. The molecule has 0 saturated carbocycles. The fourth-order valence-corrected chi connectivity index (χ4v) is 1.25. The zero-order valence-electron chi connectivity index (χ0n) is 9.37. The maximum Gasteiger partial charge on any atom is 0.343 e. The fraction of sp³-hybridized carbons (Fsp3) is 0.400. The highest BCUT2D eigenvalue weighted by Gasteiger charge is 2.14. The molecule has 0 aliphatic carbocycles. The van der Waals surface area contributed by atoms with Crippen molar-refractivity contribution in [3.8, 4) is 0 Å². The SMILES string of the molecule is CONC(=O)Nc1c(F)cncc1C(C)C. The van der Waals surface area contributed by atoms with Gasteiger partial charge in [-0.3, -0.25) is 9.82 Å². The average Bonchev–Trinajstić information content (AvgIpc) is 2.21. The first-order valence-corrected chi connectivity index (χ1v) is 4.79. The quantitative estimate of drug-likeness (QED) is 0.776. The van der Waals surface area contributed by atoms with Crippen molar-refractivity contribution in [3.05, 3.63) is 23.8 Å². The molecule has 1 rings (SSSR count). The van der Waals surface area contributed by atoms with Crippen molar-refractivity contribution < 1.29 is 14.0 Å². The lowest BCUT2D eigenvalue weighted by atomic mass is 10.0. The third-order valence-electron chi connectivity index (χ3n) is 1.98. The number of amides is 2. The Hall–Kier alpha value is -1.69. The molecule has 5 nitrogen and oxygen atoms in total. The van der Waals surface area contributed by atoms with Crippen molar-refractivity contribution in [1.82, 2.24) is 10.5 Å². The molecule has 6 heteroatoms. The third-order valence-corrected chi connectivity index (χ3v) is 1.98. The van der Waals surface area contributed by atoms with Gasteiger partial charge in [-0.05, 0) is 11.5 Å². The number of rotatable bonds is 3. The number of halogens is 1. The standard InChI is InChI=1S/C10H14FN3O2/c1-6(2)7-4-12-5-8(11)9(7)13-10(15)14-16-3/h4-6H,1-3H3,(H2,12,13,14,15). The summed E-state index contributed by atoms with van der Waals surface area (Å²) >= 11 is 0. The van der Waals surface area contributed by atoms with E-state index in [9.17, 15) is 9.18 Å². The molecule has 2 amide bonds. The zero-order valence-corrected chi connectivity index (χ0v) is 9.37. The van der Waals surface area contributed by atoms with Crippen LogP contribution in [0.4, 0.5) is 14.9 Å². The van der Waals surface area contributed by atoms with Crippen LogP contribution in [0.3, 0.4) is 0 Å². The summed E-state index contributed by atoms with van der Waals surface area (Å²) < 4.78 is 13.5. The van der Waals surface area contributed by atoms with Crippen LogP contribution in [0.25, 0.3) is 0 Å². The molecular weight excluding hydrogens is 213 g/mol. The molecule has 1 aromatic heterocycles. The van der Waals surface area contributed by atoms with Crippen molar-refractivity contribution in [3.63, 3.8) is 0 Å². The van der Waals surface area contributed by atoms with E-state index in [1.165, 1.54) is 13.3 Å². The minimum atomic E-state index is -0.630. The fourth-order valence-electron chi connectivity index (χ4n) is 1.25. The number of nitrogens with one attached hydrogen (secondary N) is 2. The van der Waals surface area contributed by atoms with Crippen molar-refractivity contribution in [2.75, 3.05) is 12.4 Å². The predicted molar refractivity (Wildman–Crippen MR) is 57.4 cm³/mol. The van der Waals surface area contributed by atoms with Gasteiger partial charge in [0.2, 0.25) is 0 Å². The largest absolute Gasteiger partial charge is 0.343 e. The minimum Gasteiger partial charge on any atom is -0.303 e. The summed E-state index contributed by atoms with van der Waals surface area (Å²) in [6, 6.07) is -0.630. The van der Waals surface area contributed by atoms with Crippen LogP contribution in [-0.2, 0) is 4.84 Å². The number of aromatic nitrogens is 1. The molecule has 16 heavy (non-hydrogen) atoms. The van der Waals surface area contributed by atoms with E-state index < -0.39 is 11.8 Å². The van der Waals surface area contributed by atoms with E-state index >= 15 is 0 Å². The van der Waals surface area contributed by atoms with E-state index in [0.29, 0.717) is 5.56 Å². The van der Waals surface area contributed by atoms with Crippen molar-refractivity contribution in [2.24, 2.45) is 0 Å². The van der Waals surface area contributed by atoms with Gasteiger partial charge in [-0.25, -0.2) is 14.7 Å². The Morgan fingerprint density at radius 3 is 2.75 bits per heavy atom. The summed E-state index contributed by atoms with van der Waals surface area (Å²) in [6.07, 6.45) is 2.57. The summed E-state index contributed by atoms with van der Waals surface area (Å²) in [6.45, 7) is 3.77. The summed E-state index contributed by atoms with van der Waals surface area (Å²) in [5.41, 5.74) is 2.81. The molecule has 0 atom stereocenters. The number of carbonyl (C=O) groups excluding carboxylic acids is 1. The van der Waals surface area contributed by atoms with Gasteiger partial charge in [-0.2, -0.15) is 0 Å². The Morgan fingerprint density at radius 2 is 2.19 bits per heavy atom. The summed E-state index contributed by atoms with van der Waals surface area (Å²) in [5, 5.41) is 2.37. The average molecular weight is 227 g/mol. The first-order chi connectivity index (χ1) is 7.56. The van der Waals surface area contributed by atoms with Gasteiger partial charge in [0.15, 0.2) is 5.82 Å². The number of urea groups is 1. The van der Waals surface area contributed by atoms with Gasteiger partial charge in [-0.1, -0.05) is 13.8 Å². The lowest BCUT2D eigenvalue weighted by Gasteiger charge is -2.13. The molecule has 2 N–H and O–H groups in total. The summed E-state index contributed by atoms with van der Waals surface area (Å²) in [5.74, 6) is -0.515. The van der Waals surface area contributed by atoms with E-state index in [-0.39, 0.29) is 11.6 Å². The van der Waals surface area contributed by atoms with Crippen LogP contribution in [0.1, 0.15) is 25.3 Å². The molecule has 0 unspecified atom stereocenters. The normalized spacial score (nSPS) is 10.3. The number of pyridine rings is 1. The second-order valence-corrected chi connectivity index (χ2v) is 3.50. The Morgan fingerprint density at radius 1 is 1.50 bits per heavy atom. The molecule has 0 fully saturated rings. The molecule has 0 aromatic carbocycles. The topological polar surface area (TPSA) is 63.2 Å². The van der Waals surface area contributed by atoms with Gasteiger partial charge in [0, 0.05) is 6.20 Å². The molecule has 88 valence electrons. The lowest BCUT2D eigenvalue weighted by Crippen LogP contribution is -2.28. The van der Waals surface area contributed by atoms with Gasteiger partial charge in [0.25, 0.3) is 0 Å². The van der Waals surface area contributed by atoms with Crippen LogP contribution in [0.15, 0.2) is 12.4 Å². The van der Waals surface area contributed by atoms with Crippen LogP contribution in [0.2, 0.25) is 0 Å². The van der Waals surface area contributed by atoms with Crippen LogP contribution >= 0.6 is 0 Å². The molecule has 0 bridgehead atoms. The number of nitrogens with zero attached hydrogens (tertiary/aromatic N) is 1. The van der Waals surface area contributed by atoms with Crippen LogP contribution in [0.5, 0.6) is 0 Å². The van der Waals surface area contributed by atoms with E-state index in [1.54, 1.807) is 0 Å². The Labute approximate surface area is 93.0 Å². The number of hydrogen-bond donors (Lipinski definition) is 2. The highest BCUT2D eigenvalue weighted by molar-refractivity contribution is 5.89. The Kier molecular flexibility index (Phi) is 4.19. The van der Waals surface area contributed by atoms with Gasteiger partial charge < -0.3 is 5.32 Å². The second kappa shape index (κ2) is 5.41. The zero-order chi connectivity index (χ0) is 12.1. The lowest BCUT2D eigenvalue weighted by molar-refractivity contribution is 0.114. The summed E-state index contributed by atoms with van der Waals surface area (Å²) in [4.78, 5) is 19.4. The predicted octanol–water partition coefficient (Wildman–Crippen LogP) is 2.03. The molecular formula is C10H14FN3O2. The Bertz CT molecular complexity index is 382. The van der Waals surface area contributed by atoms with Gasteiger partial charge >= 0.3 is 6.03 Å². The van der Waals surface area contributed by atoms with Gasteiger partial charge in [-0.15, -0.1) is 0 Å². The van der Waals surface area contributed by atoms with Crippen LogP contribution < -0.4 is 10.8 Å². The molecule has 0 aliphatic rings. The number of hydrogen-bond acceptors (Lipinski definition) is 3. The monoisotopic (exact) mass is 227 g/mol. The maximum atomic E-state index is 13.5. The molecule has 0 aliphatic heterocycles. The van der Waals surface area contributed by atoms with E-state index in [0.717, 1.165) is 6.20 Å². The maximum absolute atomic E-state index is 13.5. The molecule has 0 spiro atoms. The highest BCUT2D eigenvalue weighted by Crippen LogP contribution is 2.25. The number of hydroxylamine groups is 1. The summed E-state index contributed by atoms with van der Waals surface area (Å²) in [7, 11) is 1.30. The number of carbonyl (C=O) groups is 1. The van der Waals surface area contributed by atoms with E-state index in [1.807, 2.05) is 13.8 Å². The number of anilines is 1. The Balaban J connectivity index is 2.97. The van der Waals surface area contributed by atoms with E-state index in [4.69, 9.17) is 0 Å². The smallest absolute Gasteiger partial charge is 0.303 e. The van der Waals surface area contributed by atoms with Crippen LogP contribution in [-0.4, -0.2) is 18.1 Å². The van der Waals surface area contributed by atoms with Crippen LogP contribution in [0, 0.1) is 5.82 Å². The van der Waals surface area contributed by atoms with Crippen molar-refractivity contribution in [1.29, 1.82) is 0 Å². The molecule has 1 heterocycles. The van der Waals surface area contributed by atoms with E-state index in [2.05, 4.69) is 20.6 Å². The molecule has 1 aromatic rings. The molecule has 0 saturated heterocycles. The van der Waals surface area contributed by atoms with Crippen molar-refractivity contribution >= 4 is 11.7 Å². The highest BCUT2D eigenvalue weighted by atomic mass is 19.1. The van der Waals surface area contributed by atoms with Gasteiger partial charge in [0.1, 0.15) is 0 Å². The van der Waals surface area contributed by atoms with Crippen molar-refractivity contribution in [2.45, 2.75) is 19.8 Å². The minimum absolute atomic E-state index is 0.0565.